The summed E-state index contributed by atoms with van der Waals surface area (Å²) in [5, 5.41) is 0. The van der Waals surface area contributed by atoms with Crippen LogP contribution in [0.5, 0.6) is 0 Å². The van der Waals surface area contributed by atoms with Crippen LogP contribution in [0.25, 0.3) is 0 Å². The molecule has 0 unspecified atom stereocenters. The van der Waals surface area contributed by atoms with Crippen LogP contribution in [-0.4, -0.2) is 33.6 Å². The quantitative estimate of drug-likeness (QED) is 0.248. The molecule has 0 amide bonds. The molecule has 0 aromatic rings. The largest absolute Gasteiger partial charge is 0.368 e. The van der Waals surface area contributed by atoms with Crippen molar-refractivity contribution in [2.24, 2.45) is 81.8 Å². The van der Waals surface area contributed by atoms with Gasteiger partial charge in [0.1, 0.15) is 0 Å². The SMILES string of the molecule is C1C2CC3CC1CC(CC14CC5(OC67CC8CC(CC(C8)C6)C7)CC(OC67CC8CC(CC(C8)C6)C7)(C1)CC(OC16CC7CC(CC(C7)C1)C6)(C4)C5)(C2)C3. The first-order valence-electron chi connectivity index (χ1n) is 25.1. The summed E-state index contributed by atoms with van der Waals surface area (Å²) >= 11 is 0. The first kappa shape index (κ1) is 32.7. The van der Waals surface area contributed by atoms with E-state index in [2.05, 4.69) is 0 Å². The van der Waals surface area contributed by atoms with Gasteiger partial charge in [-0.2, -0.15) is 0 Å². The fourth-order valence-corrected chi connectivity index (χ4v) is 24.2. The van der Waals surface area contributed by atoms with Crippen molar-refractivity contribution in [1.82, 2.24) is 0 Å². The molecule has 20 rings (SSSR count). The summed E-state index contributed by atoms with van der Waals surface area (Å²) in [6.45, 7) is 0. The van der Waals surface area contributed by atoms with Crippen LogP contribution >= 0.6 is 0 Å². The molecule has 0 saturated heterocycles. The molecule has 0 radical (unpaired) electrons. The Balaban J connectivity index is 0.865. The zero-order valence-corrected chi connectivity index (χ0v) is 34.1. The summed E-state index contributed by atoms with van der Waals surface area (Å²) in [4.78, 5) is 0. The molecule has 20 saturated carbocycles. The van der Waals surface area contributed by atoms with Gasteiger partial charge in [-0.1, -0.05) is 0 Å². The average Bonchev–Trinajstić information content (AvgIpc) is 2.99. The van der Waals surface area contributed by atoms with Crippen LogP contribution in [0.1, 0.15) is 199 Å². The van der Waals surface area contributed by atoms with Gasteiger partial charge in [0.2, 0.25) is 0 Å². The molecule has 0 aromatic carbocycles. The van der Waals surface area contributed by atoms with E-state index >= 15 is 0 Å². The first-order chi connectivity index (χ1) is 26.0. The summed E-state index contributed by atoms with van der Waals surface area (Å²) in [6.07, 6.45) is 44.8. The summed E-state index contributed by atoms with van der Waals surface area (Å²) in [7, 11) is 0. The number of rotatable bonds is 8. The molecule has 20 fully saturated rings. The Bertz CT molecular complexity index is 1210. The lowest BCUT2D eigenvalue weighted by Gasteiger charge is -2.75. The Labute approximate surface area is 327 Å². The smallest absolute Gasteiger partial charge is 0.0750 e. The fraction of sp³-hybridized carbons (Fsp3) is 1.00. The maximum absolute atomic E-state index is 8.43. The van der Waals surface area contributed by atoms with E-state index in [1.807, 2.05) is 0 Å². The molecule has 296 valence electrons. The summed E-state index contributed by atoms with van der Waals surface area (Å²) in [5.74, 6) is 11.6. The molecule has 0 aliphatic heterocycles. The number of hydrogen-bond acceptors (Lipinski definition) is 3. The van der Waals surface area contributed by atoms with Gasteiger partial charge in [0, 0.05) is 19.3 Å². The topological polar surface area (TPSA) is 27.7 Å². The fourth-order valence-electron chi connectivity index (χ4n) is 24.2. The van der Waals surface area contributed by atoms with E-state index in [1.165, 1.54) is 161 Å². The molecule has 0 atom stereocenters. The van der Waals surface area contributed by atoms with Crippen molar-refractivity contribution < 1.29 is 14.2 Å². The van der Waals surface area contributed by atoms with Crippen LogP contribution in [-0.2, 0) is 14.2 Å². The molecule has 20 bridgehead atoms. The van der Waals surface area contributed by atoms with E-state index in [0.717, 1.165) is 71.0 Å². The highest BCUT2D eigenvalue weighted by Gasteiger charge is 2.75. The van der Waals surface area contributed by atoms with Crippen molar-refractivity contribution in [1.29, 1.82) is 0 Å². The second kappa shape index (κ2) is 10.2. The van der Waals surface area contributed by atoms with E-state index in [1.54, 1.807) is 38.5 Å². The third-order valence-electron chi connectivity index (χ3n) is 22.2. The third kappa shape index (κ3) is 4.77. The minimum absolute atomic E-state index is 0.0344. The average molecular weight is 735 g/mol. The van der Waals surface area contributed by atoms with Crippen LogP contribution in [0.4, 0.5) is 0 Å². The van der Waals surface area contributed by atoms with Gasteiger partial charge >= 0.3 is 0 Å². The zero-order chi connectivity index (χ0) is 35.0. The van der Waals surface area contributed by atoms with Gasteiger partial charge in [-0.05, 0) is 262 Å². The Hall–Kier alpha value is -0.120. The van der Waals surface area contributed by atoms with Crippen LogP contribution in [0, 0.1) is 81.8 Å². The standard InChI is InChI=1S/C51H74O3/c1-32-2-34-3-33(1)14-44(13-32,15-34)25-45-26-49(52-46-16-35-4-36(17-46)6-37(5-35)18-46)29-50(27-45,53-47-19-38-7-39(20-47)9-40(8-38)21-47)31-51(28-45,30-49)54-48-22-41-10-42(23-48)12-43(11-41)24-48/h32-43H,1-31H2. The molecular formula is C51H74O3. The number of ether oxygens (including phenoxy) is 3. The molecule has 20 aliphatic carbocycles. The Morgan fingerprint density at radius 2 is 0.463 bits per heavy atom. The van der Waals surface area contributed by atoms with Gasteiger partial charge in [-0.25, -0.2) is 0 Å². The van der Waals surface area contributed by atoms with Crippen molar-refractivity contribution in [3.05, 3.63) is 0 Å². The molecular weight excluding hydrogens is 661 g/mol. The van der Waals surface area contributed by atoms with E-state index in [0.29, 0.717) is 10.8 Å². The van der Waals surface area contributed by atoms with Crippen LogP contribution in [0.2, 0.25) is 0 Å². The molecule has 3 nitrogen and oxygen atoms in total. The minimum Gasteiger partial charge on any atom is -0.368 e. The van der Waals surface area contributed by atoms with Crippen LogP contribution < -0.4 is 0 Å². The van der Waals surface area contributed by atoms with Crippen LogP contribution in [0.3, 0.4) is 0 Å². The maximum atomic E-state index is 8.43. The predicted octanol–water partition coefficient (Wildman–Crippen LogP) is 12.1. The van der Waals surface area contributed by atoms with E-state index < -0.39 is 0 Å². The van der Waals surface area contributed by atoms with Gasteiger partial charge in [0.15, 0.2) is 0 Å². The summed E-state index contributed by atoms with van der Waals surface area (Å²) in [6, 6.07) is 0. The molecule has 20 aliphatic rings. The van der Waals surface area contributed by atoms with E-state index in [4.69, 9.17) is 14.2 Å². The highest BCUT2D eigenvalue weighted by molar-refractivity contribution is 5.26. The van der Waals surface area contributed by atoms with Crippen molar-refractivity contribution in [2.75, 3.05) is 0 Å². The second-order valence-electron chi connectivity index (χ2n) is 27.3. The van der Waals surface area contributed by atoms with Crippen molar-refractivity contribution in [3.8, 4) is 0 Å². The lowest BCUT2D eigenvalue weighted by atomic mass is 9.39. The molecule has 0 heterocycles. The molecule has 54 heavy (non-hydrogen) atoms. The van der Waals surface area contributed by atoms with Crippen molar-refractivity contribution in [3.63, 3.8) is 0 Å². The lowest BCUT2D eigenvalue weighted by Crippen LogP contribution is -2.75. The van der Waals surface area contributed by atoms with Gasteiger partial charge in [-0.3, -0.25) is 0 Å². The molecule has 0 aromatic heterocycles. The monoisotopic (exact) mass is 735 g/mol. The first-order valence-corrected chi connectivity index (χ1v) is 25.1. The van der Waals surface area contributed by atoms with E-state index in [9.17, 15) is 0 Å². The van der Waals surface area contributed by atoms with Crippen molar-refractivity contribution >= 4 is 0 Å². The molecule has 3 heteroatoms. The second-order valence-corrected chi connectivity index (χ2v) is 27.3. The summed E-state index contributed by atoms with van der Waals surface area (Å²) < 4.78 is 25.3. The van der Waals surface area contributed by atoms with Gasteiger partial charge in [0.05, 0.1) is 33.6 Å². The van der Waals surface area contributed by atoms with E-state index in [-0.39, 0.29) is 33.6 Å². The normalized spacial score (nSPS) is 66.7. The number of hydrogen-bond donors (Lipinski definition) is 0. The molecule has 0 N–H and O–H groups in total. The Kier molecular flexibility index (Phi) is 6.20. The van der Waals surface area contributed by atoms with Gasteiger partial charge in [-0.15, -0.1) is 0 Å². The Morgan fingerprint density at radius 3 is 0.704 bits per heavy atom. The maximum Gasteiger partial charge on any atom is 0.0750 e. The minimum atomic E-state index is -0.0344. The van der Waals surface area contributed by atoms with Crippen LogP contribution in [0.15, 0.2) is 0 Å². The highest BCUT2D eigenvalue weighted by atomic mass is 16.6. The predicted molar refractivity (Wildman–Crippen MR) is 210 cm³/mol. The summed E-state index contributed by atoms with van der Waals surface area (Å²) in [5.41, 5.74) is 1.32. The zero-order valence-electron chi connectivity index (χ0n) is 34.1. The lowest BCUT2D eigenvalue weighted by molar-refractivity contribution is -0.383. The van der Waals surface area contributed by atoms with Gasteiger partial charge < -0.3 is 14.2 Å². The molecule has 0 spiro atoms. The highest BCUT2D eigenvalue weighted by Crippen LogP contribution is 2.76. The van der Waals surface area contributed by atoms with Crippen molar-refractivity contribution in [2.45, 2.75) is 233 Å². The van der Waals surface area contributed by atoms with Gasteiger partial charge in [0.25, 0.3) is 0 Å². The Morgan fingerprint density at radius 1 is 0.241 bits per heavy atom. The third-order valence-corrected chi connectivity index (χ3v) is 22.2.